The molecule has 0 aliphatic carbocycles. The number of hydrogen-bond acceptors (Lipinski definition) is 2. The lowest BCUT2D eigenvalue weighted by Crippen LogP contribution is -2.10. The molecule has 0 N–H and O–H groups in total. The van der Waals surface area contributed by atoms with Crippen LogP contribution in [0.4, 0.5) is 0 Å². The van der Waals surface area contributed by atoms with E-state index >= 15 is 0 Å². The lowest BCUT2D eigenvalue weighted by Gasteiger charge is -2.11. The normalized spacial score (nSPS) is 12.3. The van der Waals surface area contributed by atoms with Crippen molar-refractivity contribution in [1.29, 1.82) is 0 Å². The quantitative estimate of drug-likeness (QED) is 0.673. The number of oxazole rings is 1. The van der Waals surface area contributed by atoms with Crippen LogP contribution in [0.2, 0.25) is 5.02 Å². The van der Waals surface area contributed by atoms with Crippen molar-refractivity contribution in [3.63, 3.8) is 0 Å². The zero-order chi connectivity index (χ0) is 11.2. The van der Waals surface area contributed by atoms with Crippen LogP contribution in [0, 0.1) is 6.92 Å². The summed E-state index contributed by atoms with van der Waals surface area (Å²) in [6, 6.07) is 3.78. The van der Waals surface area contributed by atoms with E-state index in [0.717, 1.165) is 27.6 Å². The topological polar surface area (TPSA) is 26.0 Å². The smallest absolute Gasteiger partial charge is 0.200 e. The van der Waals surface area contributed by atoms with Gasteiger partial charge in [0.1, 0.15) is 5.52 Å². The molecule has 3 heteroatoms. The summed E-state index contributed by atoms with van der Waals surface area (Å²) in [5.41, 5.74) is 2.59. The van der Waals surface area contributed by atoms with Gasteiger partial charge in [-0.05, 0) is 18.6 Å². The first-order valence-corrected chi connectivity index (χ1v) is 5.33. The second-order valence-corrected chi connectivity index (χ2v) is 5.25. The van der Waals surface area contributed by atoms with E-state index < -0.39 is 0 Å². The predicted octanol–water partition coefficient (Wildman–Crippen LogP) is 4.09. The molecule has 0 aliphatic heterocycles. The van der Waals surface area contributed by atoms with Crippen LogP contribution >= 0.6 is 11.6 Å². The molecule has 0 aliphatic rings. The van der Waals surface area contributed by atoms with E-state index in [9.17, 15) is 0 Å². The van der Waals surface area contributed by atoms with Crippen molar-refractivity contribution in [2.45, 2.75) is 33.1 Å². The van der Waals surface area contributed by atoms with Gasteiger partial charge in [0.15, 0.2) is 5.58 Å². The average Bonchev–Trinajstić information content (AvgIpc) is 2.47. The molecular formula is C12H14ClNO. The van der Waals surface area contributed by atoms with Crippen LogP contribution in [0.1, 0.15) is 32.2 Å². The standard InChI is InChI=1S/C12H14ClNO/c1-7-5-9-10(6-8(7)13)15-11(14-9)12(2,3)4/h5-6H,1-4H3. The Morgan fingerprint density at radius 3 is 2.53 bits per heavy atom. The first-order valence-electron chi connectivity index (χ1n) is 4.95. The van der Waals surface area contributed by atoms with E-state index in [2.05, 4.69) is 25.8 Å². The van der Waals surface area contributed by atoms with E-state index in [-0.39, 0.29) is 5.41 Å². The molecule has 80 valence electrons. The number of aryl methyl sites for hydroxylation is 1. The van der Waals surface area contributed by atoms with E-state index in [1.807, 2.05) is 19.1 Å². The number of nitrogens with zero attached hydrogens (tertiary/aromatic N) is 1. The zero-order valence-corrected chi connectivity index (χ0v) is 10.1. The van der Waals surface area contributed by atoms with Crippen molar-refractivity contribution in [3.05, 3.63) is 28.6 Å². The molecule has 0 spiro atoms. The summed E-state index contributed by atoms with van der Waals surface area (Å²) in [4.78, 5) is 4.46. The van der Waals surface area contributed by atoms with Crippen LogP contribution in [0.3, 0.4) is 0 Å². The van der Waals surface area contributed by atoms with Gasteiger partial charge in [0, 0.05) is 16.5 Å². The van der Waals surface area contributed by atoms with Gasteiger partial charge in [-0.2, -0.15) is 0 Å². The summed E-state index contributed by atoms with van der Waals surface area (Å²) in [5.74, 6) is 0.749. The van der Waals surface area contributed by atoms with Crippen molar-refractivity contribution in [2.24, 2.45) is 0 Å². The Kier molecular flexibility index (Phi) is 2.27. The van der Waals surface area contributed by atoms with Gasteiger partial charge in [-0.3, -0.25) is 0 Å². The van der Waals surface area contributed by atoms with Gasteiger partial charge < -0.3 is 4.42 Å². The van der Waals surface area contributed by atoms with E-state index in [0.29, 0.717) is 0 Å². The van der Waals surface area contributed by atoms with Crippen molar-refractivity contribution in [3.8, 4) is 0 Å². The van der Waals surface area contributed by atoms with Crippen molar-refractivity contribution in [1.82, 2.24) is 4.98 Å². The van der Waals surface area contributed by atoms with Gasteiger partial charge >= 0.3 is 0 Å². The van der Waals surface area contributed by atoms with E-state index in [4.69, 9.17) is 16.0 Å². The third-order valence-corrected chi connectivity index (χ3v) is 2.72. The lowest BCUT2D eigenvalue weighted by atomic mass is 9.97. The highest BCUT2D eigenvalue weighted by Crippen LogP contribution is 2.28. The molecule has 0 bridgehead atoms. The van der Waals surface area contributed by atoms with Gasteiger partial charge in [-0.1, -0.05) is 32.4 Å². The Morgan fingerprint density at radius 2 is 1.93 bits per heavy atom. The Balaban J connectivity index is 2.66. The molecule has 15 heavy (non-hydrogen) atoms. The number of benzene rings is 1. The summed E-state index contributed by atoms with van der Waals surface area (Å²) in [5, 5.41) is 0.721. The van der Waals surface area contributed by atoms with Gasteiger partial charge in [0.2, 0.25) is 5.89 Å². The molecule has 0 atom stereocenters. The maximum atomic E-state index is 6.02. The zero-order valence-electron chi connectivity index (χ0n) is 9.39. The number of fused-ring (bicyclic) bond motifs is 1. The fourth-order valence-corrected chi connectivity index (χ4v) is 1.53. The van der Waals surface area contributed by atoms with Crippen LogP contribution in [0.25, 0.3) is 11.1 Å². The molecule has 0 saturated carbocycles. The Hall–Kier alpha value is -1.02. The third-order valence-electron chi connectivity index (χ3n) is 2.31. The minimum Gasteiger partial charge on any atom is -0.440 e. The Morgan fingerprint density at radius 1 is 1.27 bits per heavy atom. The second-order valence-electron chi connectivity index (χ2n) is 4.84. The molecule has 0 fully saturated rings. The summed E-state index contributed by atoms with van der Waals surface area (Å²) < 4.78 is 5.67. The lowest BCUT2D eigenvalue weighted by molar-refractivity contribution is 0.411. The monoisotopic (exact) mass is 223 g/mol. The highest BCUT2D eigenvalue weighted by atomic mass is 35.5. The Labute approximate surface area is 94.3 Å². The molecule has 0 unspecified atom stereocenters. The molecule has 0 amide bonds. The highest BCUT2D eigenvalue weighted by molar-refractivity contribution is 6.32. The molecule has 2 aromatic rings. The van der Waals surface area contributed by atoms with Crippen LogP contribution in [-0.2, 0) is 5.41 Å². The van der Waals surface area contributed by atoms with Gasteiger partial charge in [-0.25, -0.2) is 4.98 Å². The van der Waals surface area contributed by atoms with Crippen LogP contribution in [0.5, 0.6) is 0 Å². The van der Waals surface area contributed by atoms with Crippen LogP contribution in [-0.4, -0.2) is 4.98 Å². The van der Waals surface area contributed by atoms with Gasteiger partial charge in [0.25, 0.3) is 0 Å². The third kappa shape index (κ3) is 1.86. The minimum atomic E-state index is -0.0700. The molecular weight excluding hydrogens is 210 g/mol. The molecule has 2 nitrogen and oxygen atoms in total. The summed E-state index contributed by atoms with van der Waals surface area (Å²) in [6.07, 6.45) is 0. The van der Waals surface area contributed by atoms with Gasteiger partial charge in [0.05, 0.1) is 0 Å². The fourth-order valence-electron chi connectivity index (χ4n) is 1.37. The summed E-state index contributed by atoms with van der Waals surface area (Å²) in [7, 11) is 0. The van der Waals surface area contributed by atoms with Crippen molar-refractivity contribution < 1.29 is 4.42 Å². The summed E-state index contributed by atoms with van der Waals surface area (Å²) >= 11 is 6.02. The van der Waals surface area contributed by atoms with Crippen LogP contribution in [0.15, 0.2) is 16.5 Å². The largest absolute Gasteiger partial charge is 0.440 e. The number of aromatic nitrogens is 1. The predicted molar refractivity (Wildman–Crippen MR) is 62.5 cm³/mol. The maximum Gasteiger partial charge on any atom is 0.200 e. The second kappa shape index (κ2) is 3.24. The fraction of sp³-hybridized carbons (Fsp3) is 0.417. The SMILES string of the molecule is Cc1cc2nc(C(C)(C)C)oc2cc1Cl. The molecule has 2 rings (SSSR count). The van der Waals surface area contributed by atoms with Crippen molar-refractivity contribution in [2.75, 3.05) is 0 Å². The van der Waals surface area contributed by atoms with Crippen molar-refractivity contribution >= 4 is 22.7 Å². The Bertz CT molecular complexity index is 469. The maximum absolute atomic E-state index is 6.02. The molecule has 1 aromatic heterocycles. The first-order chi connectivity index (χ1) is 6.88. The highest BCUT2D eigenvalue weighted by Gasteiger charge is 2.21. The number of halogens is 1. The number of hydrogen-bond donors (Lipinski definition) is 0. The minimum absolute atomic E-state index is 0.0700. The van der Waals surface area contributed by atoms with Gasteiger partial charge in [-0.15, -0.1) is 0 Å². The molecule has 1 heterocycles. The van der Waals surface area contributed by atoms with E-state index in [1.54, 1.807) is 0 Å². The molecule has 0 radical (unpaired) electrons. The molecule has 1 aromatic carbocycles. The number of rotatable bonds is 0. The average molecular weight is 224 g/mol. The summed E-state index contributed by atoms with van der Waals surface area (Å²) in [6.45, 7) is 8.19. The van der Waals surface area contributed by atoms with Crippen LogP contribution < -0.4 is 0 Å². The van der Waals surface area contributed by atoms with E-state index in [1.165, 1.54) is 0 Å². The first kappa shape index (κ1) is 10.5. The molecule has 0 saturated heterocycles.